The van der Waals surface area contributed by atoms with Crippen molar-refractivity contribution in [3.05, 3.63) is 36.5 Å². The van der Waals surface area contributed by atoms with Gasteiger partial charge >= 0.3 is 0 Å². The van der Waals surface area contributed by atoms with Crippen molar-refractivity contribution in [1.82, 2.24) is 5.32 Å². The summed E-state index contributed by atoms with van der Waals surface area (Å²) in [5.74, 6) is -0.518. The van der Waals surface area contributed by atoms with Crippen LogP contribution in [0, 0.1) is 0 Å². The number of hydrogen-bond donors (Lipinski definition) is 4. The molecule has 45 heavy (non-hydrogen) atoms. The molecule has 264 valence electrons. The number of aliphatic hydroxyl groups excluding tert-OH is 3. The van der Waals surface area contributed by atoms with Crippen LogP contribution in [0.15, 0.2) is 36.5 Å². The fraction of sp³-hybridized carbons (Fsp3) is 0.825. The first-order chi connectivity index (χ1) is 22.1. The average molecular weight is 634 g/mol. The van der Waals surface area contributed by atoms with Crippen LogP contribution in [0.3, 0.4) is 0 Å². The fourth-order valence-electron chi connectivity index (χ4n) is 5.63. The van der Waals surface area contributed by atoms with Crippen molar-refractivity contribution >= 4 is 5.91 Å². The number of unbranched alkanes of at least 4 members (excludes halogenated alkanes) is 22. The third-order valence-electron chi connectivity index (χ3n) is 8.71. The zero-order valence-electron chi connectivity index (χ0n) is 29.7. The minimum atomic E-state index is -1.10. The van der Waals surface area contributed by atoms with Gasteiger partial charge in [0.25, 0.3) is 0 Å². The Labute approximate surface area is 279 Å². The van der Waals surface area contributed by atoms with Crippen LogP contribution >= 0.6 is 0 Å². The SMILES string of the molecule is CCCCCCC/C=C/CC/C=C/CC/C=C/C(O)C(CO)NC(=O)C(O)CCCCCCCCCCCCCCCCCC. The van der Waals surface area contributed by atoms with E-state index in [1.54, 1.807) is 6.08 Å². The lowest BCUT2D eigenvalue weighted by Gasteiger charge is -2.21. The number of amides is 1. The molecule has 3 unspecified atom stereocenters. The van der Waals surface area contributed by atoms with E-state index in [4.69, 9.17) is 0 Å². The van der Waals surface area contributed by atoms with Crippen LogP contribution < -0.4 is 5.32 Å². The summed E-state index contributed by atoms with van der Waals surface area (Å²) >= 11 is 0. The molecule has 0 aromatic carbocycles. The van der Waals surface area contributed by atoms with Crippen LogP contribution in [0.5, 0.6) is 0 Å². The Morgan fingerprint density at radius 3 is 1.36 bits per heavy atom. The first kappa shape index (κ1) is 43.6. The van der Waals surface area contributed by atoms with Crippen molar-refractivity contribution in [2.45, 2.75) is 205 Å². The van der Waals surface area contributed by atoms with Crippen molar-refractivity contribution in [1.29, 1.82) is 0 Å². The molecule has 0 bridgehead atoms. The van der Waals surface area contributed by atoms with E-state index in [1.807, 2.05) is 6.08 Å². The minimum Gasteiger partial charge on any atom is -0.394 e. The van der Waals surface area contributed by atoms with Gasteiger partial charge in [0.05, 0.1) is 18.8 Å². The molecule has 1 amide bonds. The summed E-state index contributed by atoms with van der Waals surface area (Å²) in [6.45, 7) is 4.14. The van der Waals surface area contributed by atoms with Gasteiger partial charge in [-0.1, -0.05) is 179 Å². The second kappa shape index (κ2) is 35.4. The zero-order valence-corrected chi connectivity index (χ0v) is 29.7. The molecule has 0 aliphatic heterocycles. The first-order valence-electron chi connectivity index (χ1n) is 19.3. The maximum atomic E-state index is 12.4. The van der Waals surface area contributed by atoms with Crippen molar-refractivity contribution in [2.24, 2.45) is 0 Å². The summed E-state index contributed by atoms with van der Waals surface area (Å²) < 4.78 is 0. The monoisotopic (exact) mass is 634 g/mol. The normalized spacial score (nSPS) is 14.2. The molecule has 0 saturated heterocycles. The highest BCUT2D eigenvalue weighted by Gasteiger charge is 2.22. The third-order valence-corrected chi connectivity index (χ3v) is 8.71. The number of rotatable bonds is 34. The lowest BCUT2D eigenvalue weighted by atomic mass is 10.0. The molecule has 5 nitrogen and oxygen atoms in total. The van der Waals surface area contributed by atoms with Gasteiger partial charge in [-0.25, -0.2) is 0 Å². The minimum absolute atomic E-state index is 0.380. The molecule has 0 aliphatic carbocycles. The largest absolute Gasteiger partial charge is 0.394 e. The summed E-state index contributed by atoms with van der Waals surface area (Å²) in [5.41, 5.74) is 0. The van der Waals surface area contributed by atoms with E-state index in [9.17, 15) is 20.1 Å². The molecular formula is C40H75NO4. The summed E-state index contributed by atoms with van der Waals surface area (Å²) in [4.78, 5) is 12.4. The number of hydrogen-bond acceptors (Lipinski definition) is 4. The molecule has 0 saturated carbocycles. The van der Waals surface area contributed by atoms with Crippen LogP contribution in [0.2, 0.25) is 0 Å². The fourth-order valence-corrected chi connectivity index (χ4v) is 5.63. The highest BCUT2D eigenvalue weighted by Crippen LogP contribution is 2.15. The quantitative estimate of drug-likeness (QED) is 0.0419. The predicted octanol–water partition coefficient (Wildman–Crippen LogP) is 10.4. The van der Waals surface area contributed by atoms with Crippen LogP contribution in [-0.4, -0.2) is 46.1 Å². The summed E-state index contributed by atoms with van der Waals surface area (Å²) in [6.07, 6.45) is 43.0. The topological polar surface area (TPSA) is 89.8 Å². The number of nitrogens with one attached hydrogen (secondary N) is 1. The molecule has 0 spiro atoms. The van der Waals surface area contributed by atoms with Gasteiger partial charge in [0, 0.05) is 0 Å². The first-order valence-corrected chi connectivity index (χ1v) is 19.3. The second-order valence-electron chi connectivity index (χ2n) is 13.1. The van der Waals surface area contributed by atoms with Gasteiger partial charge in [-0.15, -0.1) is 0 Å². The second-order valence-corrected chi connectivity index (χ2v) is 13.1. The summed E-state index contributed by atoms with van der Waals surface area (Å²) in [7, 11) is 0. The third kappa shape index (κ3) is 31.0. The predicted molar refractivity (Wildman–Crippen MR) is 194 cm³/mol. The van der Waals surface area contributed by atoms with Gasteiger partial charge in [-0.3, -0.25) is 4.79 Å². The molecule has 0 aliphatic rings. The van der Waals surface area contributed by atoms with Crippen molar-refractivity contribution < 1.29 is 20.1 Å². The molecular weight excluding hydrogens is 558 g/mol. The number of carbonyl (C=O) groups is 1. The highest BCUT2D eigenvalue weighted by atomic mass is 16.3. The van der Waals surface area contributed by atoms with E-state index < -0.39 is 24.2 Å². The van der Waals surface area contributed by atoms with Crippen LogP contribution in [-0.2, 0) is 4.79 Å². The molecule has 3 atom stereocenters. The Hall–Kier alpha value is -1.43. The molecule has 4 N–H and O–H groups in total. The summed E-state index contributed by atoms with van der Waals surface area (Å²) in [6, 6.07) is -0.817. The molecule has 0 aromatic rings. The van der Waals surface area contributed by atoms with Gasteiger partial charge in [0.1, 0.15) is 6.10 Å². The van der Waals surface area contributed by atoms with Gasteiger partial charge in [0.2, 0.25) is 5.91 Å². The molecule has 5 heteroatoms. The van der Waals surface area contributed by atoms with Gasteiger partial charge in [-0.2, -0.15) is 0 Å². The van der Waals surface area contributed by atoms with E-state index in [0.29, 0.717) is 6.42 Å². The zero-order chi connectivity index (χ0) is 33.1. The van der Waals surface area contributed by atoms with Crippen LogP contribution in [0.1, 0.15) is 187 Å². The van der Waals surface area contributed by atoms with Gasteiger partial charge < -0.3 is 20.6 Å². The van der Waals surface area contributed by atoms with Gasteiger partial charge in [-0.05, 0) is 44.9 Å². The standard InChI is InChI=1S/C40H75NO4/c1-3-5-7-9-11-13-15-17-19-21-23-25-27-29-31-33-35-39(44)40(45)41-37(36-42)38(43)34-32-30-28-26-24-22-20-18-16-14-12-10-8-6-4-2/h16,18,24,26,32,34,37-39,42-44H,3-15,17,19-23,25,27-31,33,35-36H2,1-2H3,(H,41,45)/b18-16+,26-24+,34-32+. The molecule has 0 aromatic heterocycles. The Balaban J connectivity index is 3.79. The van der Waals surface area contributed by atoms with E-state index >= 15 is 0 Å². The lowest BCUT2D eigenvalue weighted by molar-refractivity contribution is -0.131. The van der Waals surface area contributed by atoms with Crippen molar-refractivity contribution in [2.75, 3.05) is 6.61 Å². The average Bonchev–Trinajstić information content (AvgIpc) is 3.04. The smallest absolute Gasteiger partial charge is 0.249 e. The molecule has 0 fully saturated rings. The molecule has 0 heterocycles. The summed E-state index contributed by atoms with van der Waals surface area (Å²) in [5, 5.41) is 33.0. The lowest BCUT2D eigenvalue weighted by Crippen LogP contribution is -2.48. The van der Waals surface area contributed by atoms with Crippen LogP contribution in [0.4, 0.5) is 0 Å². The van der Waals surface area contributed by atoms with Crippen molar-refractivity contribution in [3.8, 4) is 0 Å². The number of allylic oxidation sites excluding steroid dienone is 5. The highest BCUT2D eigenvalue weighted by molar-refractivity contribution is 5.80. The molecule has 0 rings (SSSR count). The van der Waals surface area contributed by atoms with E-state index in [-0.39, 0.29) is 6.61 Å². The van der Waals surface area contributed by atoms with E-state index in [1.165, 1.54) is 122 Å². The van der Waals surface area contributed by atoms with Gasteiger partial charge in [0.15, 0.2) is 0 Å². The molecule has 0 radical (unpaired) electrons. The van der Waals surface area contributed by atoms with E-state index in [0.717, 1.165) is 44.9 Å². The maximum absolute atomic E-state index is 12.4. The Morgan fingerprint density at radius 2 is 0.911 bits per heavy atom. The van der Waals surface area contributed by atoms with E-state index in [2.05, 4.69) is 43.5 Å². The number of aliphatic hydroxyl groups is 3. The van der Waals surface area contributed by atoms with Crippen molar-refractivity contribution in [3.63, 3.8) is 0 Å². The Bertz CT molecular complexity index is 704. The Kier molecular flexibility index (Phi) is 34.3. The van der Waals surface area contributed by atoms with Crippen LogP contribution in [0.25, 0.3) is 0 Å². The Morgan fingerprint density at radius 1 is 0.533 bits per heavy atom. The number of carbonyl (C=O) groups excluding carboxylic acids is 1. The maximum Gasteiger partial charge on any atom is 0.249 e.